The predicted octanol–water partition coefficient (Wildman–Crippen LogP) is 11.1. The lowest BCUT2D eigenvalue weighted by Crippen LogP contribution is -2.39. The number of fused-ring (bicyclic) bond motifs is 1. The van der Waals surface area contributed by atoms with Gasteiger partial charge in [0.1, 0.15) is 5.82 Å². The van der Waals surface area contributed by atoms with E-state index in [1.54, 1.807) is 23.1 Å². The van der Waals surface area contributed by atoms with E-state index in [1.807, 2.05) is 87.5 Å². The number of anilines is 2. The van der Waals surface area contributed by atoms with Crippen molar-refractivity contribution in [2.45, 2.75) is 26.3 Å². The largest absolute Gasteiger partial charge is 0.331 e. The summed E-state index contributed by atoms with van der Waals surface area (Å²) in [6, 6.07) is 42.7. The summed E-state index contributed by atoms with van der Waals surface area (Å²) >= 11 is 0. The summed E-state index contributed by atoms with van der Waals surface area (Å²) < 4.78 is 32.3. The van der Waals surface area contributed by atoms with Crippen molar-refractivity contribution in [1.82, 2.24) is 0 Å². The van der Waals surface area contributed by atoms with Gasteiger partial charge in [-0.2, -0.15) is 0 Å². The third-order valence-electron chi connectivity index (χ3n) is 7.45. The van der Waals surface area contributed by atoms with Gasteiger partial charge in [-0.05, 0) is 78.1 Å². The van der Waals surface area contributed by atoms with Crippen LogP contribution < -0.4 is 4.90 Å². The molecule has 0 saturated carbocycles. The molecular weight excluding hydrogens is 508 g/mol. The molecule has 202 valence electrons. The molecule has 6 aromatic rings. The fraction of sp³-hybridized carbons (Fsp3) is 0.105. The molecular formula is C38H31F2N. The van der Waals surface area contributed by atoms with Crippen LogP contribution >= 0.6 is 0 Å². The number of para-hydroxylation sites is 1. The third kappa shape index (κ3) is 5.12. The van der Waals surface area contributed by atoms with E-state index in [-0.39, 0.29) is 5.82 Å². The van der Waals surface area contributed by atoms with Crippen LogP contribution in [-0.4, -0.2) is 5.54 Å². The average Bonchev–Trinajstić information content (AvgIpc) is 2.98. The van der Waals surface area contributed by atoms with Gasteiger partial charge in [-0.3, -0.25) is 0 Å². The SMILES string of the molecule is CC(C)(C)N(c1ccccc1F)c1c(-c2cccc(-c3ccc4ccccc4c3)c2)ccc(-c2ccccc2)c1F. The van der Waals surface area contributed by atoms with E-state index in [1.165, 1.54) is 11.5 Å². The van der Waals surface area contributed by atoms with Crippen LogP contribution in [0.4, 0.5) is 20.2 Å². The fourth-order valence-corrected chi connectivity index (χ4v) is 5.54. The second-order valence-electron chi connectivity index (χ2n) is 11.3. The molecule has 0 amide bonds. The third-order valence-corrected chi connectivity index (χ3v) is 7.45. The maximum Gasteiger partial charge on any atom is 0.155 e. The zero-order valence-corrected chi connectivity index (χ0v) is 23.4. The molecule has 0 fully saturated rings. The summed E-state index contributed by atoms with van der Waals surface area (Å²) in [7, 11) is 0. The Hall–Kier alpha value is -4.76. The lowest BCUT2D eigenvalue weighted by Gasteiger charge is -2.39. The molecule has 0 saturated heterocycles. The normalized spacial score (nSPS) is 11.5. The Balaban J connectivity index is 1.59. The first-order valence-electron chi connectivity index (χ1n) is 13.8. The zero-order valence-electron chi connectivity index (χ0n) is 23.4. The monoisotopic (exact) mass is 539 g/mol. The summed E-state index contributed by atoms with van der Waals surface area (Å²) in [6.07, 6.45) is 0. The van der Waals surface area contributed by atoms with Crippen LogP contribution in [0.3, 0.4) is 0 Å². The standard InChI is InChI=1S/C38H31F2N/c1-38(2,3)41(35-19-10-9-18-34(35)39)37-33(23-22-32(36(37)40)27-13-5-4-6-14-27)31-17-11-16-29(25-31)30-21-20-26-12-7-8-15-28(26)24-30/h4-25H,1-3H3. The lowest BCUT2D eigenvalue weighted by molar-refractivity contribution is 0.528. The molecule has 41 heavy (non-hydrogen) atoms. The van der Waals surface area contributed by atoms with Gasteiger partial charge in [-0.1, -0.05) is 109 Å². The van der Waals surface area contributed by atoms with E-state index in [9.17, 15) is 0 Å². The lowest BCUT2D eigenvalue weighted by atomic mass is 9.92. The van der Waals surface area contributed by atoms with Crippen LogP contribution in [0.2, 0.25) is 0 Å². The molecule has 1 nitrogen and oxygen atoms in total. The Morgan fingerprint density at radius 3 is 1.85 bits per heavy atom. The number of rotatable bonds is 5. The molecule has 0 aromatic heterocycles. The molecule has 0 bridgehead atoms. The number of hydrogen-bond donors (Lipinski definition) is 0. The highest BCUT2D eigenvalue weighted by Crippen LogP contribution is 2.45. The van der Waals surface area contributed by atoms with Crippen molar-refractivity contribution in [2.24, 2.45) is 0 Å². The summed E-state index contributed by atoms with van der Waals surface area (Å²) in [5.74, 6) is -0.786. The maximum absolute atomic E-state index is 16.9. The van der Waals surface area contributed by atoms with Crippen molar-refractivity contribution in [3.8, 4) is 33.4 Å². The molecule has 6 aromatic carbocycles. The van der Waals surface area contributed by atoms with Crippen LogP contribution in [0.15, 0.2) is 133 Å². The van der Waals surface area contributed by atoms with Crippen molar-refractivity contribution >= 4 is 22.1 Å². The fourth-order valence-electron chi connectivity index (χ4n) is 5.54. The molecule has 0 aliphatic heterocycles. The molecule has 0 radical (unpaired) electrons. The van der Waals surface area contributed by atoms with Crippen LogP contribution in [-0.2, 0) is 0 Å². The quantitative estimate of drug-likeness (QED) is 0.211. The first-order chi connectivity index (χ1) is 19.8. The van der Waals surface area contributed by atoms with Gasteiger partial charge in [0, 0.05) is 16.7 Å². The number of halogens is 2. The van der Waals surface area contributed by atoms with Crippen molar-refractivity contribution < 1.29 is 8.78 Å². The maximum atomic E-state index is 16.9. The summed E-state index contributed by atoms with van der Waals surface area (Å²) in [5, 5.41) is 2.34. The van der Waals surface area contributed by atoms with Crippen LogP contribution in [0, 0.1) is 11.6 Å². The average molecular weight is 540 g/mol. The van der Waals surface area contributed by atoms with E-state index in [4.69, 9.17) is 0 Å². The Kier molecular flexibility index (Phi) is 6.88. The minimum Gasteiger partial charge on any atom is -0.331 e. The molecule has 0 aliphatic rings. The van der Waals surface area contributed by atoms with E-state index in [0.29, 0.717) is 22.5 Å². The van der Waals surface area contributed by atoms with Gasteiger partial charge >= 0.3 is 0 Å². The topological polar surface area (TPSA) is 3.24 Å². The van der Waals surface area contributed by atoms with Crippen molar-refractivity contribution in [1.29, 1.82) is 0 Å². The minimum atomic E-state index is -0.636. The van der Waals surface area contributed by atoms with Gasteiger partial charge in [0.2, 0.25) is 0 Å². The van der Waals surface area contributed by atoms with Crippen molar-refractivity contribution in [2.75, 3.05) is 4.90 Å². The second kappa shape index (κ2) is 10.7. The molecule has 0 atom stereocenters. The Bertz CT molecular complexity index is 1850. The molecule has 0 unspecified atom stereocenters. The predicted molar refractivity (Wildman–Crippen MR) is 169 cm³/mol. The summed E-state index contributed by atoms with van der Waals surface area (Å²) in [4.78, 5) is 1.79. The number of nitrogens with zero attached hydrogens (tertiary/aromatic N) is 1. The van der Waals surface area contributed by atoms with Crippen molar-refractivity contribution in [3.05, 3.63) is 145 Å². The van der Waals surface area contributed by atoms with Crippen LogP contribution in [0.5, 0.6) is 0 Å². The Morgan fingerprint density at radius 2 is 1.10 bits per heavy atom. The van der Waals surface area contributed by atoms with Gasteiger partial charge in [0.05, 0.1) is 11.4 Å². The van der Waals surface area contributed by atoms with E-state index in [2.05, 4.69) is 42.5 Å². The molecule has 0 spiro atoms. The summed E-state index contributed by atoms with van der Waals surface area (Å²) in [6.45, 7) is 5.93. The van der Waals surface area contributed by atoms with Gasteiger partial charge in [-0.25, -0.2) is 8.78 Å². The second-order valence-corrected chi connectivity index (χ2v) is 11.3. The van der Waals surface area contributed by atoms with Gasteiger partial charge in [0.15, 0.2) is 5.82 Å². The molecule has 0 heterocycles. The zero-order chi connectivity index (χ0) is 28.6. The van der Waals surface area contributed by atoms with Gasteiger partial charge < -0.3 is 4.90 Å². The highest BCUT2D eigenvalue weighted by atomic mass is 19.1. The molecule has 0 N–H and O–H groups in total. The number of hydrogen-bond acceptors (Lipinski definition) is 1. The van der Waals surface area contributed by atoms with Crippen molar-refractivity contribution in [3.63, 3.8) is 0 Å². The molecule has 0 aliphatic carbocycles. The number of benzene rings is 6. The minimum absolute atomic E-state index is 0.330. The van der Waals surface area contributed by atoms with Gasteiger partial charge in [-0.15, -0.1) is 0 Å². The highest BCUT2D eigenvalue weighted by Gasteiger charge is 2.31. The molecule has 3 heteroatoms. The highest BCUT2D eigenvalue weighted by molar-refractivity contribution is 5.91. The van der Waals surface area contributed by atoms with E-state index in [0.717, 1.165) is 27.6 Å². The van der Waals surface area contributed by atoms with E-state index < -0.39 is 11.4 Å². The smallest absolute Gasteiger partial charge is 0.155 e. The summed E-state index contributed by atoms with van der Waals surface area (Å²) in [5.41, 5.74) is 4.94. The molecule has 6 rings (SSSR count). The van der Waals surface area contributed by atoms with E-state index >= 15 is 8.78 Å². The first-order valence-corrected chi connectivity index (χ1v) is 13.8. The van der Waals surface area contributed by atoms with Crippen LogP contribution in [0.1, 0.15) is 20.8 Å². The van der Waals surface area contributed by atoms with Gasteiger partial charge in [0.25, 0.3) is 0 Å². The van der Waals surface area contributed by atoms with Crippen LogP contribution in [0.25, 0.3) is 44.2 Å². The Morgan fingerprint density at radius 1 is 0.488 bits per heavy atom. The first kappa shape index (κ1) is 26.5. The Labute approximate surface area is 240 Å².